The number of anilines is 1. The normalized spacial score (nSPS) is 16.1. The summed E-state index contributed by atoms with van der Waals surface area (Å²) in [7, 11) is 0. The van der Waals surface area contributed by atoms with Gasteiger partial charge in [-0.2, -0.15) is 0 Å². The van der Waals surface area contributed by atoms with Crippen molar-refractivity contribution in [3.8, 4) is 0 Å². The topological polar surface area (TPSA) is 26.0 Å². The van der Waals surface area contributed by atoms with E-state index in [9.17, 15) is 0 Å². The summed E-state index contributed by atoms with van der Waals surface area (Å²) < 4.78 is 0. The minimum Gasteiger partial charge on any atom is -0.399 e. The lowest BCUT2D eigenvalue weighted by Crippen LogP contribution is -1.87. The van der Waals surface area contributed by atoms with Crippen molar-refractivity contribution in [1.82, 2.24) is 0 Å². The molecule has 2 aromatic carbocycles. The Labute approximate surface area is 102 Å². The molecule has 2 N–H and O–H groups in total. The molecule has 0 atom stereocenters. The van der Waals surface area contributed by atoms with Crippen LogP contribution in [0.4, 0.5) is 5.69 Å². The second kappa shape index (κ2) is 4.10. The molecule has 1 aliphatic carbocycles. The predicted octanol–water partition coefficient (Wildman–Crippen LogP) is 3.76. The summed E-state index contributed by atoms with van der Waals surface area (Å²) in [5, 5.41) is 0. The van der Waals surface area contributed by atoms with Gasteiger partial charge in [0.2, 0.25) is 0 Å². The highest BCUT2D eigenvalue weighted by Gasteiger charge is 2.15. The van der Waals surface area contributed by atoms with Gasteiger partial charge in [-0.15, -0.1) is 0 Å². The molecule has 0 aromatic heterocycles. The number of nitrogen functional groups attached to an aromatic ring is 1. The van der Waals surface area contributed by atoms with Crippen LogP contribution >= 0.6 is 0 Å². The molecule has 0 bridgehead atoms. The van der Waals surface area contributed by atoms with Gasteiger partial charge in [-0.1, -0.05) is 42.5 Å². The quantitative estimate of drug-likeness (QED) is 0.729. The molecule has 1 nitrogen and oxygen atoms in total. The minimum atomic E-state index is 0.865. The summed E-state index contributed by atoms with van der Waals surface area (Å²) in [6, 6.07) is 16.7. The van der Waals surface area contributed by atoms with Crippen LogP contribution in [0, 0.1) is 0 Å². The summed E-state index contributed by atoms with van der Waals surface area (Å²) in [4.78, 5) is 0. The molecule has 0 heterocycles. The number of rotatable bonds is 1. The van der Waals surface area contributed by atoms with Gasteiger partial charge in [0.05, 0.1) is 0 Å². The molecule has 0 saturated carbocycles. The summed E-state index contributed by atoms with van der Waals surface area (Å²) in [5.74, 6) is 0. The van der Waals surface area contributed by atoms with Crippen LogP contribution in [0.25, 0.3) is 11.6 Å². The first-order valence-electron chi connectivity index (χ1n) is 5.97. The van der Waals surface area contributed by atoms with E-state index in [-0.39, 0.29) is 0 Å². The first-order chi connectivity index (χ1) is 8.33. The molecule has 3 rings (SSSR count). The molecule has 0 aliphatic heterocycles. The van der Waals surface area contributed by atoms with Gasteiger partial charge in [0.15, 0.2) is 0 Å². The molecule has 17 heavy (non-hydrogen) atoms. The van der Waals surface area contributed by atoms with E-state index in [0.717, 1.165) is 18.5 Å². The molecule has 0 saturated heterocycles. The predicted molar refractivity (Wildman–Crippen MR) is 73.5 cm³/mol. The first-order valence-corrected chi connectivity index (χ1v) is 5.97. The van der Waals surface area contributed by atoms with Crippen molar-refractivity contribution < 1.29 is 0 Å². The van der Waals surface area contributed by atoms with Gasteiger partial charge in [0.25, 0.3) is 0 Å². The highest BCUT2D eigenvalue weighted by molar-refractivity contribution is 5.85. The van der Waals surface area contributed by atoms with Gasteiger partial charge >= 0.3 is 0 Å². The zero-order valence-electron chi connectivity index (χ0n) is 9.69. The average molecular weight is 221 g/mol. The van der Waals surface area contributed by atoms with E-state index in [1.54, 1.807) is 0 Å². The maximum absolute atomic E-state index is 5.81. The molecule has 1 heteroatoms. The van der Waals surface area contributed by atoms with Gasteiger partial charge in [0, 0.05) is 5.69 Å². The fourth-order valence-corrected chi connectivity index (χ4v) is 2.44. The Morgan fingerprint density at radius 2 is 1.76 bits per heavy atom. The van der Waals surface area contributed by atoms with Crippen molar-refractivity contribution >= 4 is 17.3 Å². The van der Waals surface area contributed by atoms with Crippen molar-refractivity contribution in [3.05, 3.63) is 65.2 Å². The molecule has 0 fully saturated rings. The first kappa shape index (κ1) is 10.2. The smallest absolute Gasteiger partial charge is 0.0317 e. The molecule has 0 spiro atoms. The summed E-state index contributed by atoms with van der Waals surface area (Å²) in [5.41, 5.74) is 12.1. The lowest BCUT2D eigenvalue weighted by Gasteiger charge is -2.02. The minimum absolute atomic E-state index is 0.865. The summed E-state index contributed by atoms with van der Waals surface area (Å²) in [6.07, 6.45) is 4.51. The van der Waals surface area contributed by atoms with Crippen LogP contribution in [0.2, 0.25) is 0 Å². The van der Waals surface area contributed by atoms with Crippen LogP contribution < -0.4 is 5.73 Å². The fourth-order valence-electron chi connectivity index (χ4n) is 2.44. The Kier molecular flexibility index (Phi) is 2.45. The van der Waals surface area contributed by atoms with E-state index in [1.807, 2.05) is 12.1 Å². The Morgan fingerprint density at radius 1 is 0.941 bits per heavy atom. The Morgan fingerprint density at radius 3 is 2.59 bits per heavy atom. The van der Waals surface area contributed by atoms with Crippen molar-refractivity contribution in [1.29, 1.82) is 0 Å². The van der Waals surface area contributed by atoms with Gasteiger partial charge in [-0.05, 0) is 47.2 Å². The van der Waals surface area contributed by atoms with Crippen molar-refractivity contribution in [2.75, 3.05) is 5.73 Å². The fraction of sp³-hybridized carbons (Fsp3) is 0.125. The van der Waals surface area contributed by atoms with E-state index in [4.69, 9.17) is 5.73 Å². The molecule has 0 radical (unpaired) electrons. The van der Waals surface area contributed by atoms with Crippen molar-refractivity contribution in [2.24, 2.45) is 0 Å². The maximum atomic E-state index is 5.81. The standard InChI is InChI=1S/C16H15N/c17-15-8-9-16-13(6-7-14(16)11-15)10-12-4-2-1-3-5-12/h1-5,8-11H,6-7,17H2. The highest BCUT2D eigenvalue weighted by Crippen LogP contribution is 2.34. The van der Waals surface area contributed by atoms with Gasteiger partial charge in [0.1, 0.15) is 0 Å². The lowest BCUT2D eigenvalue weighted by atomic mass is 10.0. The van der Waals surface area contributed by atoms with E-state index < -0.39 is 0 Å². The SMILES string of the molecule is Nc1ccc2c(c1)CCC2=Cc1ccccc1. The Bertz CT molecular complexity index is 567. The number of benzene rings is 2. The average Bonchev–Trinajstić information content (AvgIpc) is 2.73. The van der Waals surface area contributed by atoms with E-state index >= 15 is 0 Å². The van der Waals surface area contributed by atoms with Crippen LogP contribution in [-0.2, 0) is 6.42 Å². The Hall–Kier alpha value is -2.02. The van der Waals surface area contributed by atoms with Crippen LogP contribution in [0.5, 0.6) is 0 Å². The molecule has 84 valence electrons. The largest absolute Gasteiger partial charge is 0.399 e. The second-order valence-electron chi connectivity index (χ2n) is 4.50. The third kappa shape index (κ3) is 1.96. The van der Waals surface area contributed by atoms with Gasteiger partial charge < -0.3 is 5.73 Å². The number of nitrogens with two attached hydrogens (primary N) is 1. The molecule has 0 amide bonds. The zero-order valence-corrected chi connectivity index (χ0v) is 9.69. The molecular formula is C16H15N. The van der Waals surface area contributed by atoms with E-state index in [1.165, 1.54) is 22.3 Å². The number of allylic oxidation sites excluding steroid dienone is 1. The Balaban J connectivity index is 2.02. The summed E-state index contributed by atoms with van der Waals surface area (Å²) >= 11 is 0. The second-order valence-corrected chi connectivity index (χ2v) is 4.50. The molecule has 2 aromatic rings. The van der Waals surface area contributed by atoms with Crippen LogP contribution in [0.1, 0.15) is 23.1 Å². The zero-order chi connectivity index (χ0) is 11.7. The van der Waals surface area contributed by atoms with Crippen LogP contribution in [0.15, 0.2) is 48.5 Å². The highest BCUT2D eigenvalue weighted by atomic mass is 14.5. The van der Waals surface area contributed by atoms with E-state index in [0.29, 0.717) is 0 Å². The third-order valence-electron chi connectivity index (χ3n) is 3.28. The number of hydrogen-bond acceptors (Lipinski definition) is 1. The van der Waals surface area contributed by atoms with Crippen molar-refractivity contribution in [2.45, 2.75) is 12.8 Å². The number of hydrogen-bond donors (Lipinski definition) is 1. The maximum Gasteiger partial charge on any atom is 0.0317 e. The summed E-state index contributed by atoms with van der Waals surface area (Å²) in [6.45, 7) is 0. The third-order valence-corrected chi connectivity index (χ3v) is 3.28. The van der Waals surface area contributed by atoms with Crippen LogP contribution in [-0.4, -0.2) is 0 Å². The van der Waals surface area contributed by atoms with Crippen LogP contribution in [0.3, 0.4) is 0 Å². The van der Waals surface area contributed by atoms with Crippen molar-refractivity contribution in [3.63, 3.8) is 0 Å². The van der Waals surface area contributed by atoms with Gasteiger partial charge in [-0.25, -0.2) is 0 Å². The lowest BCUT2D eigenvalue weighted by molar-refractivity contribution is 1.08. The monoisotopic (exact) mass is 221 g/mol. The van der Waals surface area contributed by atoms with Gasteiger partial charge in [-0.3, -0.25) is 0 Å². The van der Waals surface area contributed by atoms with E-state index in [2.05, 4.69) is 42.5 Å². The molecule has 0 unspecified atom stereocenters. The number of fused-ring (bicyclic) bond motifs is 1. The molecule has 1 aliphatic rings. The molecular weight excluding hydrogens is 206 g/mol. The number of aryl methyl sites for hydroxylation is 1.